The minimum Gasteiger partial charge on any atom is -0.496 e. The van der Waals surface area contributed by atoms with Crippen molar-refractivity contribution in [1.29, 1.82) is 0 Å². The highest BCUT2D eigenvalue weighted by atomic mass is 16.5. The maximum atomic E-state index is 12.9. The average Bonchev–Trinajstić information content (AvgIpc) is 3.30. The van der Waals surface area contributed by atoms with Gasteiger partial charge >= 0.3 is 11.9 Å². The summed E-state index contributed by atoms with van der Waals surface area (Å²) in [5, 5.41) is 0. The van der Waals surface area contributed by atoms with Crippen molar-refractivity contribution in [1.82, 2.24) is 0 Å². The number of aryl methyl sites for hydroxylation is 4. The molecule has 2 aliphatic rings. The van der Waals surface area contributed by atoms with Gasteiger partial charge in [0, 0.05) is 49.8 Å². The van der Waals surface area contributed by atoms with Crippen LogP contribution in [0.4, 0.5) is 0 Å². The number of rotatable bonds is 19. The summed E-state index contributed by atoms with van der Waals surface area (Å²) in [5.74, 6) is 2.89. The van der Waals surface area contributed by atoms with Crippen LogP contribution in [0.15, 0.2) is 54.6 Å². The van der Waals surface area contributed by atoms with E-state index in [1.165, 1.54) is 38.9 Å². The molecule has 4 aromatic rings. The van der Waals surface area contributed by atoms with Crippen LogP contribution in [0.5, 0.6) is 34.5 Å². The van der Waals surface area contributed by atoms with Crippen LogP contribution in [-0.2, 0) is 38.3 Å². The van der Waals surface area contributed by atoms with Gasteiger partial charge in [0.2, 0.25) is 5.75 Å². The molecule has 12 nitrogen and oxygen atoms in total. The van der Waals surface area contributed by atoms with Crippen molar-refractivity contribution >= 4 is 11.9 Å². The number of nitrogens with zero attached hydrogens (tertiary/aromatic N) is 2. The maximum Gasteiger partial charge on any atom is 0.331 e. The fourth-order valence-electron chi connectivity index (χ4n) is 10.5. The van der Waals surface area contributed by atoms with Crippen LogP contribution in [0.3, 0.4) is 0 Å². The van der Waals surface area contributed by atoms with Gasteiger partial charge in [0.25, 0.3) is 0 Å². The van der Waals surface area contributed by atoms with Gasteiger partial charge in [-0.05, 0) is 97.3 Å². The van der Waals surface area contributed by atoms with Crippen molar-refractivity contribution in [3.8, 4) is 34.5 Å². The summed E-state index contributed by atoms with van der Waals surface area (Å²) in [6, 6.07) is 15.3. The first-order valence-corrected chi connectivity index (χ1v) is 23.0. The highest BCUT2D eigenvalue weighted by molar-refractivity contribution is 5.91. The lowest BCUT2D eigenvalue weighted by Gasteiger charge is -2.46. The van der Waals surface area contributed by atoms with Crippen molar-refractivity contribution in [2.75, 3.05) is 96.1 Å². The van der Waals surface area contributed by atoms with Gasteiger partial charge in [-0.15, -0.1) is 0 Å². The van der Waals surface area contributed by atoms with Crippen LogP contribution < -0.4 is 28.4 Å². The molecular formula is C54H72N2O10+2. The minimum atomic E-state index is -0.595. The fourth-order valence-corrected chi connectivity index (χ4v) is 10.5. The van der Waals surface area contributed by atoms with E-state index in [1.807, 2.05) is 19.1 Å². The summed E-state index contributed by atoms with van der Waals surface area (Å²) in [4.78, 5) is 25.8. The summed E-state index contributed by atoms with van der Waals surface area (Å²) in [6.07, 6.45) is 6.15. The largest absolute Gasteiger partial charge is 0.496 e. The van der Waals surface area contributed by atoms with Crippen molar-refractivity contribution in [2.24, 2.45) is 0 Å². The molecule has 12 heteroatoms. The highest BCUT2D eigenvalue weighted by Crippen LogP contribution is 2.52. The van der Waals surface area contributed by atoms with E-state index in [0.29, 0.717) is 52.6 Å². The molecule has 66 heavy (non-hydrogen) atoms. The molecule has 0 aliphatic carbocycles. The molecule has 0 spiro atoms. The standard InChI is InChI=1S/C54H72N2O10/c1-34-16-17-39(28-35(34)2)31-43-48-40(29-36(3)38(5)52(48)62-11)20-24-55(43,6)22-14-26-65-46(57)18-19-47(58)66-27-15-23-56(7)25-21-41-32-45(60-9)53(63-12)54(64-13)49(41)50(56)42-30-37(4)51(61-10)44(33-42)59-8/h16-19,28-30,32-33,43,50H,14-15,20-27,31H2,1-13H3/q+2/b19-18-. The van der Waals surface area contributed by atoms with Crippen LogP contribution in [0, 0.1) is 34.6 Å². The zero-order valence-electron chi connectivity index (χ0n) is 41.6. The summed E-state index contributed by atoms with van der Waals surface area (Å²) in [5.41, 5.74) is 13.0. The summed E-state index contributed by atoms with van der Waals surface area (Å²) in [7, 11) is 14.5. The zero-order valence-corrected chi connectivity index (χ0v) is 41.6. The molecule has 2 aliphatic heterocycles. The van der Waals surface area contributed by atoms with Crippen molar-refractivity contribution in [3.63, 3.8) is 0 Å². The Hall–Kier alpha value is -5.72. The van der Waals surface area contributed by atoms with Gasteiger partial charge in [-0.3, -0.25) is 0 Å². The lowest BCUT2D eigenvalue weighted by Crippen LogP contribution is -2.53. The predicted octanol–water partition coefficient (Wildman–Crippen LogP) is 8.78. The van der Waals surface area contributed by atoms with Crippen molar-refractivity contribution < 1.29 is 56.5 Å². The molecule has 0 aromatic heterocycles. The van der Waals surface area contributed by atoms with E-state index in [4.69, 9.17) is 37.9 Å². The van der Waals surface area contributed by atoms with Gasteiger partial charge in [-0.25, -0.2) is 9.59 Å². The second-order valence-electron chi connectivity index (χ2n) is 18.5. The summed E-state index contributed by atoms with van der Waals surface area (Å²) in [6.45, 7) is 14.3. The van der Waals surface area contributed by atoms with Crippen LogP contribution in [0.25, 0.3) is 0 Å². The maximum absolute atomic E-state index is 12.9. The van der Waals surface area contributed by atoms with Gasteiger partial charge in [0.05, 0.1) is 107 Å². The number of quaternary nitrogens is 2. The molecule has 0 amide bonds. The van der Waals surface area contributed by atoms with E-state index in [-0.39, 0.29) is 25.3 Å². The van der Waals surface area contributed by atoms with E-state index < -0.39 is 11.9 Å². The van der Waals surface area contributed by atoms with E-state index >= 15 is 0 Å². The van der Waals surface area contributed by atoms with Gasteiger partial charge < -0.3 is 46.9 Å². The Bertz CT molecular complexity index is 2440. The quantitative estimate of drug-likeness (QED) is 0.0392. The molecule has 4 unspecified atom stereocenters. The molecule has 0 radical (unpaired) electrons. The fraction of sp³-hybridized carbons (Fsp3) is 0.481. The third kappa shape index (κ3) is 10.3. The first-order valence-electron chi connectivity index (χ1n) is 23.0. The van der Waals surface area contributed by atoms with E-state index in [2.05, 4.69) is 72.1 Å². The molecule has 356 valence electrons. The number of hydrogen-bond acceptors (Lipinski definition) is 10. The van der Waals surface area contributed by atoms with Crippen LogP contribution >= 0.6 is 0 Å². The number of carbonyl (C=O) groups excluding carboxylic acids is 2. The van der Waals surface area contributed by atoms with Gasteiger partial charge in [0.15, 0.2) is 23.0 Å². The Balaban J connectivity index is 1.08. The molecule has 4 atom stereocenters. The number of hydrogen-bond donors (Lipinski definition) is 0. The molecule has 6 rings (SSSR count). The average molecular weight is 909 g/mol. The smallest absolute Gasteiger partial charge is 0.331 e. The van der Waals surface area contributed by atoms with Crippen LogP contribution in [0.1, 0.15) is 86.1 Å². The number of methoxy groups -OCH3 is 6. The van der Waals surface area contributed by atoms with Crippen LogP contribution in [-0.4, -0.2) is 117 Å². The monoisotopic (exact) mass is 909 g/mol. The third-order valence-corrected chi connectivity index (χ3v) is 14.3. The van der Waals surface area contributed by atoms with Crippen LogP contribution in [0.2, 0.25) is 0 Å². The number of ether oxygens (including phenoxy) is 8. The first kappa shape index (κ1) is 49.7. The van der Waals surface area contributed by atoms with E-state index in [9.17, 15) is 9.59 Å². The normalized spacial score (nSPS) is 20.0. The summed E-state index contributed by atoms with van der Waals surface area (Å²) >= 11 is 0. The van der Waals surface area contributed by atoms with Gasteiger partial charge in [-0.2, -0.15) is 0 Å². The molecular weight excluding hydrogens is 837 g/mol. The highest BCUT2D eigenvalue weighted by Gasteiger charge is 2.45. The Labute approximate surface area is 392 Å². The Morgan fingerprint density at radius 3 is 1.71 bits per heavy atom. The second-order valence-corrected chi connectivity index (χ2v) is 18.5. The zero-order chi connectivity index (χ0) is 47.9. The molecule has 0 N–H and O–H groups in total. The number of carbonyl (C=O) groups is 2. The SMILES string of the molecule is COc1cc(C2c3c(cc(OC)c(OC)c3OC)CC[N+]2(C)CCCOC(=O)/C=C\C(=O)OCCC[N+]2(C)CCc3cc(C)c(C)c(OC)c3C2Cc2ccc(C)c(C)c2)cc(C)c1OC. The molecule has 0 saturated carbocycles. The number of likely N-dealkylation sites (N-methyl/N-ethyl adjacent to an activating group) is 2. The molecule has 0 fully saturated rings. The van der Waals surface area contributed by atoms with Crippen molar-refractivity contribution in [2.45, 2.75) is 78.8 Å². The predicted molar refractivity (Wildman–Crippen MR) is 257 cm³/mol. The second kappa shape index (κ2) is 21.3. The van der Waals surface area contributed by atoms with Crippen molar-refractivity contribution in [3.05, 3.63) is 116 Å². The lowest BCUT2D eigenvalue weighted by molar-refractivity contribution is -0.941. The Morgan fingerprint density at radius 1 is 0.576 bits per heavy atom. The molecule has 0 bridgehead atoms. The van der Waals surface area contributed by atoms with E-state index in [1.54, 1.807) is 42.7 Å². The molecule has 2 heterocycles. The number of benzene rings is 4. The first-order chi connectivity index (χ1) is 31.6. The topological polar surface area (TPSA) is 108 Å². The Kier molecular flexibility index (Phi) is 16.0. The number of fused-ring (bicyclic) bond motifs is 2. The molecule has 0 saturated heterocycles. The van der Waals surface area contributed by atoms with Gasteiger partial charge in [0.1, 0.15) is 17.8 Å². The number of esters is 2. The minimum absolute atomic E-state index is 0.169. The Morgan fingerprint density at radius 2 is 1.14 bits per heavy atom. The van der Waals surface area contributed by atoms with Gasteiger partial charge in [-0.1, -0.05) is 24.3 Å². The lowest BCUT2D eigenvalue weighted by atomic mass is 9.83. The molecule has 4 aromatic carbocycles. The summed E-state index contributed by atoms with van der Waals surface area (Å²) < 4.78 is 48.0. The third-order valence-electron chi connectivity index (χ3n) is 14.3. The van der Waals surface area contributed by atoms with E-state index in [0.717, 1.165) is 83.5 Å².